The molecule has 0 spiro atoms. The molecule has 0 unspecified atom stereocenters. The summed E-state index contributed by atoms with van der Waals surface area (Å²) >= 11 is 5.86. The molecule has 1 aromatic carbocycles. The van der Waals surface area contributed by atoms with Gasteiger partial charge in [0.2, 0.25) is 0 Å². The maximum absolute atomic E-state index is 11.8. The quantitative estimate of drug-likeness (QED) is 0.288. The smallest absolute Gasteiger partial charge is 0.311 e. The Morgan fingerprint density at radius 3 is 2.62 bits per heavy atom. The zero-order valence-corrected chi connectivity index (χ0v) is 13.4. The summed E-state index contributed by atoms with van der Waals surface area (Å²) in [5.41, 5.74) is 0. The minimum Gasteiger partial charge on any atom is -0.426 e. The maximum Gasteiger partial charge on any atom is 0.311 e. The van der Waals surface area contributed by atoms with Crippen LogP contribution in [0.3, 0.4) is 0 Å². The van der Waals surface area contributed by atoms with Crippen molar-refractivity contribution in [2.45, 2.75) is 64.2 Å². The zero-order valence-electron chi connectivity index (χ0n) is 12.7. The van der Waals surface area contributed by atoms with Gasteiger partial charge in [-0.05, 0) is 30.5 Å². The average Bonchev–Trinajstić information content (AvgIpc) is 2.72. The Morgan fingerprint density at radius 2 is 1.90 bits per heavy atom. The van der Waals surface area contributed by atoms with E-state index >= 15 is 0 Å². The molecule has 0 atom stereocenters. The van der Waals surface area contributed by atoms with Crippen LogP contribution >= 0.6 is 11.6 Å². The number of hydrogen-bond acceptors (Lipinski definition) is 2. The SMILES string of the molecule is O=C(CCCCC1CCCCCC1)Oc1cccc(Cl)c1. The van der Waals surface area contributed by atoms with Gasteiger partial charge in [-0.15, -0.1) is 0 Å². The molecule has 0 saturated heterocycles. The number of halogens is 1. The van der Waals surface area contributed by atoms with Crippen molar-refractivity contribution in [1.82, 2.24) is 0 Å². The Labute approximate surface area is 132 Å². The molecule has 1 aromatic rings. The topological polar surface area (TPSA) is 26.3 Å². The van der Waals surface area contributed by atoms with Gasteiger partial charge in [-0.3, -0.25) is 4.79 Å². The molecule has 2 nitrogen and oxygen atoms in total. The molecular formula is C18H25ClO2. The standard InChI is InChI=1S/C18H25ClO2/c19-16-11-7-12-17(14-16)21-18(20)13-6-5-10-15-8-3-1-2-4-9-15/h7,11-12,14-15H,1-6,8-10,13H2. The van der Waals surface area contributed by atoms with Gasteiger partial charge in [0.05, 0.1) is 0 Å². The number of benzene rings is 1. The zero-order chi connectivity index (χ0) is 14.9. The molecule has 0 bridgehead atoms. The summed E-state index contributed by atoms with van der Waals surface area (Å²) in [4.78, 5) is 11.8. The van der Waals surface area contributed by atoms with Crippen LogP contribution in [0.1, 0.15) is 64.2 Å². The van der Waals surface area contributed by atoms with Crippen molar-refractivity contribution in [3.8, 4) is 5.75 Å². The first kappa shape index (κ1) is 16.4. The third-order valence-corrected chi connectivity index (χ3v) is 4.48. The highest BCUT2D eigenvalue weighted by Gasteiger charge is 2.12. The molecule has 0 radical (unpaired) electrons. The Balaban J connectivity index is 1.60. The monoisotopic (exact) mass is 308 g/mol. The van der Waals surface area contributed by atoms with Crippen molar-refractivity contribution in [3.05, 3.63) is 29.3 Å². The van der Waals surface area contributed by atoms with Crippen molar-refractivity contribution in [3.63, 3.8) is 0 Å². The van der Waals surface area contributed by atoms with Crippen molar-refractivity contribution in [2.24, 2.45) is 5.92 Å². The summed E-state index contributed by atoms with van der Waals surface area (Å²) in [5.74, 6) is 1.27. The second kappa shape index (κ2) is 9.09. The van der Waals surface area contributed by atoms with Gasteiger partial charge in [-0.2, -0.15) is 0 Å². The molecule has 1 aliphatic carbocycles. The Bertz CT molecular complexity index is 437. The van der Waals surface area contributed by atoms with Crippen molar-refractivity contribution >= 4 is 17.6 Å². The number of esters is 1. The van der Waals surface area contributed by atoms with E-state index in [1.807, 2.05) is 0 Å². The van der Waals surface area contributed by atoms with Gasteiger partial charge in [-0.1, -0.05) is 69.0 Å². The lowest BCUT2D eigenvalue weighted by atomic mass is 9.94. The number of carbonyl (C=O) groups excluding carboxylic acids is 1. The van der Waals surface area contributed by atoms with Gasteiger partial charge in [0.25, 0.3) is 0 Å². The molecule has 0 amide bonds. The molecule has 1 aliphatic rings. The predicted molar refractivity (Wildman–Crippen MR) is 86.7 cm³/mol. The number of unbranched alkanes of at least 4 members (excludes halogenated alkanes) is 1. The fraction of sp³-hybridized carbons (Fsp3) is 0.611. The first-order valence-electron chi connectivity index (χ1n) is 8.20. The van der Waals surface area contributed by atoms with E-state index in [2.05, 4.69) is 0 Å². The van der Waals surface area contributed by atoms with Crippen LogP contribution in [-0.4, -0.2) is 5.97 Å². The number of rotatable bonds is 6. The Kier molecular flexibility index (Phi) is 7.08. The summed E-state index contributed by atoms with van der Waals surface area (Å²) in [5, 5.41) is 0.591. The lowest BCUT2D eigenvalue weighted by molar-refractivity contribution is -0.134. The summed E-state index contributed by atoms with van der Waals surface area (Å²) in [6.45, 7) is 0. The summed E-state index contributed by atoms with van der Waals surface area (Å²) < 4.78 is 5.28. The third-order valence-electron chi connectivity index (χ3n) is 4.25. The Morgan fingerprint density at radius 1 is 1.14 bits per heavy atom. The Hall–Kier alpha value is -1.02. The normalized spacial score (nSPS) is 16.4. The molecule has 0 aliphatic heterocycles. The summed E-state index contributed by atoms with van der Waals surface area (Å²) in [6, 6.07) is 6.99. The van der Waals surface area contributed by atoms with Gasteiger partial charge < -0.3 is 4.74 Å². The minimum absolute atomic E-state index is 0.155. The highest BCUT2D eigenvalue weighted by molar-refractivity contribution is 6.30. The molecule has 1 saturated carbocycles. The van der Waals surface area contributed by atoms with E-state index in [4.69, 9.17) is 16.3 Å². The van der Waals surface area contributed by atoms with E-state index in [0.717, 1.165) is 18.8 Å². The van der Waals surface area contributed by atoms with Crippen molar-refractivity contribution < 1.29 is 9.53 Å². The molecule has 116 valence electrons. The van der Waals surface area contributed by atoms with E-state index in [9.17, 15) is 4.79 Å². The molecule has 3 heteroatoms. The largest absolute Gasteiger partial charge is 0.426 e. The lowest BCUT2D eigenvalue weighted by Crippen LogP contribution is -2.08. The highest BCUT2D eigenvalue weighted by Crippen LogP contribution is 2.27. The highest BCUT2D eigenvalue weighted by atomic mass is 35.5. The molecule has 1 fully saturated rings. The van der Waals surface area contributed by atoms with Crippen molar-refractivity contribution in [2.75, 3.05) is 0 Å². The van der Waals surface area contributed by atoms with Crippen LogP contribution < -0.4 is 4.74 Å². The third kappa shape index (κ3) is 6.52. The van der Waals surface area contributed by atoms with E-state index in [1.54, 1.807) is 24.3 Å². The van der Waals surface area contributed by atoms with Crippen molar-refractivity contribution in [1.29, 1.82) is 0 Å². The fourth-order valence-corrected chi connectivity index (χ4v) is 3.25. The number of ether oxygens (including phenoxy) is 1. The molecule has 0 heterocycles. The second-order valence-corrected chi connectivity index (χ2v) is 6.47. The van der Waals surface area contributed by atoms with E-state index in [0.29, 0.717) is 17.2 Å². The summed E-state index contributed by atoms with van der Waals surface area (Å²) in [6.07, 6.45) is 12.2. The first-order chi connectivity index (χ1) is 10.2. The molecule has 21 heavy (non-hydrogen) atoms. The van der Waals surface area contributed by atoms with Crippen LogP contribution in [0, 0.1) is 5.92 Å². The molecule has 0 aromatic heterocycles. The van der Waals surface area contributed by atoms with Gasteiger partial charge in [-0.25, -0.2) is 0 Å². The van der Waals surface area contributed by atoms with E-state index in [1.165, 1.54) is 44.9 Å². The van der Waals surface area contributed by atoms with Crippen LogP contribution in [-0.2, 0) is 4.79 Å². The molecular weight excluding hydrogens is 284 g/mol. The number of hydrogen-bond donors (Lipinski definition) is 0. The van der Waals surface area contributed by atoms with Crippen LogP contribution in [0.2, 0.25) is 5.02 Å². The van der Waals surface area contributed by atoms with Crippen LogP contribution in [0.15, 0.2) is 24.3 Å². The average molecular weight is 309 g/mol. The van der Waals surface area contributed by atoms with Gasteiger partial charge in [0.15, 0.2) is 0 Å². The van der Waals surface area contributed by atoms with Gasteiger partial charge in [0.1, 0.15) is 5.75 Å². The van der Waals surface area contributed by atoms with Crippen LogP contribution in [0.25, 0.3) is 0 Å². The predicted octanol–water partition coefficient (Wildman–Crippen LogP) is 5.78. The van der Waals surface area contributed by atoms with Crippen LogP contribution in [0.4, 0.5) is 0 Å². The van der Waals surface area contributed by atoms with Crippen LogP contribution in [0.5, 0.6) is 5.75 Å². The van der Waals surface area contributed by atoms with E-state index < -0.39 is 0 Å². The second-order valence-electron chi connectivity index (χ2n) is 6.03. The number of carbonyl (C=O) groups is 1. The minimum atomic E-state index is -0.155. The fourth-order valence-electron chi connectivity index (χ4n) is 3.07. The summed E-state index contributed by atoms with van der Waals surface area (Å²) in [7, 11) is 0. The van der Waals surface area contributed by atoms with Gasteiger partial charge >= 0.3 is 5.97 Å². The van der Waals surface area contributed by atoms with Gasteiger partial charge in [0, 0.05) is 11.4 Å². The maximum atomic E-state index is 11.8. The lowest BCUT2D eigenvalue weighted by Gasteiger charge is -2.13. The van der Waals surface area contributed by atoms with E-state index in [-0.39, 0.29) is 5.97 Å². The molecule has 2 rings (SSSR count). The molecule has 0 N–H and O–H groups in total. The first-order valence-corrected chi connectivity index (χ1v) is 8.58.